The Morgan fingerprint density at radius 1 is 1.11 bits per heavy atom. The molecule has 0 unspecified atom stereocenters. The van der Waals surface area contributed by atoms with E-state index in [1.165, 1.54) is 6.08 Å². The van der Waals surface area contributed by atoms with Crippen molar-refractivity contribution in [3.8, 4) is 11.3 Å². The number of anilines is 4. The quantitative estimate of drug-likeness (QED) is 0.348. The van der Waals surface area contributed by atoms with Crippen molar-refractivity contribution in [1.29, 1.82) is 0 Å². The molecule has 2 aromatic carbocycles. The molecule has 3 N–H and O–H groups in total. The van der Waals surface area contributed by atoms with E-state index in [1.54, 1.807) is 24.4 Å². The maximum Gasteiger partial charge on any atom is 0.247 e. The minimum absolute atomic E-state index is 0.308. The van der Waals surface area contributed by atoms with Crippen LogP contribution in [0.3, 0.4) is 0 Å². The summed E-state index contributed by atoms with van der Waals surface area (Å²) < 4.78 is 0. The molecule has 2 aromatic heterocycles. The number of nitrogens with one attached hydrogen (secondary N) is 3. The number of carbonyl (C=O) groups is 1. The van der Waals surface area contributed by atoms with Crippen LogP contribution in [0.15, 0.2) is 61.3 Å². The second kappa shape index (κ2) is 9.73. The van der Waals surface area contributed by atoms with Gasteiger partial charge in [0, 0.05) is 48.8 Å². The van der Waals surface area contributed by atoms with Gasteiger partial charge in [-0.2, -0.15) is 10.1 Å². The Bertz CT molecular complexity index is 1390. The predicted molar refractivity (Wildman–Crippen MR) is 140 cm³/mol. The summed E-state index contributed by atoms with van der Waals surface area (Å²) in [5.41, 5.74) is 4.44. The lowest BCUT2D eigenvalue weighted by Gasteiger charge is -2.34. The average molecular weight is 489 g/mol. The minimum atomic E-state index is -0.308. The van der Waals surface area contributed by atoms with E-state index < -0.39 is 0 Å². The van der Waals surface area contributed by atoms with Crippen LogP contribution in [0.5, 0.6) is 0 Å². The average Bonchev–Trinajstić information content (AvgIpc) is 3.34. The third-order valence-electron chi connectivity index (χ3n) is 5.95. The van der Waals surface area contributed by atoms with Gasteiger partial charge >= 0.3 is 0 Å². The molecular weight excluding hydrogens is 464 g/mol. The summed E-state index contributed by atoms with van der Waals surface area (Å²) in [6.45, 7) is 7.53. The number of fused-ring (bicyclic) bond motifs is 1. The van der Waals surface area contributed by atoms with Crippen molar-refractivity contribution in [3.63, 3.8) is 0 Å². The molecule has 0 spiro atoms. The molecule has 0 saturated carbocycles. The van der Waals surface area contributed by atoms with Crippen LogP contribution in [0, 0.1) is 0 Å². The Hall–Kier alpha value is -3.95. The first-order valence-electron chi connectivity index (χ1n) is 11.3. The highest BCUT2D eigenvalue weighted by molar-refractivity contribution is 6.33. The summed E-state index contributed by atoms with van der Waals surface area (Å²) in [5.74, 6) is 0.0980. The molecule has 4 aromatic rings. The molecule has 35 heavy (non-hydrogen) atoms. The molecule has 3 heterocycles. The second-order valence-electron chi connectivity index (χ2n) is 8.38. The Kier molecular flexibility index (Phi) is 6.35. The van der Waals surface area contributed by atoms with Crippen molar-refractivity contribution in [3.05, 3.63) is 66.3 Å². The van der Waals surface area contributed by atoms with Gasteiger partial charge in [-0.25, -0.2) is 4.98 Å². The van der Waals surface area contributed by atoms with Gasteiger partial charge in [-0.3, -0.25) is 9.89 Å². The van der Waals surface area contributed by atoms with Gasteiger partial charge in [0.25, 0.3) is 0 Å². The number of hydrogen-bond donors (Lipinski definition) is 3. The fraction of sp³-hybridized carbons (Fsp3) is 0.200. The zero-order valence-electron chi connectivity index (χ0n) is 19.3. The van der Waals surface area contributed by atoms with E-state index in [2.05, 4.69) is 61.4 Å². The molecular formula is C25H25ClN8O. The minimum Gasteiger partial charge on any atom is -0.369 e. The normalized spacial score (nSPS) is 14.2. The molecule has 178 valence electrons. The molecule has 0 atom stereocenters. The molecule has 0 bridgehead atoms. The number of benzene rings is 2. The van der Waals surface area contributed by atoms with E-state index in [-0.39, 0.29) is 5.91 Å². The standard InChI is InChI=1S/C25H25ClN8O/c1-3-22(35)28-17-7-8-21(26)19(14-17)23-20-15-27-32-24(20)31-25(30-23)29-16-5-4-6-18(13-16)34-11-9-33(2)10-12-34/h3-8,13-15H,1,9-12H2,2H3,(H,28,35)(H2,27,29,30,31,32). The lowest BCUT2D eigenvalue weighted by molar-refractivity contribution is -0.111. The number of H-pyrrole nitrogens is 1. The Labute approximate surface area is 207 Å². The van der Waals surface area contributed by atoms with E-state index in [0.29, 0.717) is 33.6 Å². The van der Waals surface area contributed by atoms with E-state index >= 15 is 0 Å². The van der Waals surface area contributed by atoms with Gasteiger partial charge in [0.05, 0.1) is 22.3 Å². The number of nitrogens with zero attached hydrogens (tertiary/aromatic N) is 5. The first-order valence-corrected chi connectivity index (χ1v) is 11.6. The Morgan fingerprint density at radius 3 is 2.74 bits per heavy atom. The summed E-state index contributed by atoms with van der Waals surface area (Å²) in [6.07, 6.45) is 2.87. The van der Waals surface area contributed by atoms with E-state index in [9.17, 15) is 4.79 Å². The number of carbonyl (C=O) groups excluding carboxylic acids is 1. The van der Waals surface area contributed by atoms with Crippen molar-refractivity contribution < 1.29 is 4.79 Å². The molecule has 1 amide bonds. The van der Waals surface area contributed by atoms with E-state index in [0.717, 1.165) is 42.9 Å². The lowest BCUT2D eigenvalue weighted by Crippen LogP contribution is -2.44. The fourth-order valence-corrected chi connectivity index (χ4v) is 4.26. The van der Waals surface area contributed by atoms with Gasteiger partial charge in [-0.15, -0.1) is 0 Å². The SMILES string of the molecule is C=CC(=O)Nc1ccc(Cl)c(-c2nc(Nc3cccc(N4CCN(C)CC4)c3)nc3[nH]ncc23)c1. The van der Waals surface area contributed by atoms with E-state index in [4.69, 9.17) is 16.6 Å². The van der Waals surface area contributed by atoms with Crippen molar-refractivity contribution in [1.82, 2.24) is 25.1 Å². The number of hydrogen-bond acceptors (Lipinski definition) is 7. The van der Waals surface area contributed by atoms with Crippen LogP contribution < -0.4 is 15.5 Å². The molecule has 1 aliphatic rings. The smallest absolute Gasteiger partial charge is 0.247 e. The number of piperazine rings is 1. The highest BCUT2D eigenvalue weighted by atomic mass is 35.5. The maximum absolute atomic E-state index is 11.8. The number of aromatic nitrogens is 4. The number of halogens is 1. The van der Waals surface area contributed by atoms with Gasteiger partial charge in [0.1, 0.15) is 0 Å². The largest absolute Gasteiger partial charge is 0.369 e. The van der Waals surface area contributed by atoms with Gasteiger partial charge in [-0.1, -0.05) is 24.2 Å². The molecule has 10 heteroatoms. The van der Waals surface area contributed by atoms with Crippen LogP contribution in [-0.4, -0.2) is 64.2 Å². The number of rotatable bonds is 6. The zero-order valence-corrected chi connectivity index (χ0v) is 20.0. The number of likely N-dealkylation sites (N-methyl/N-ethyl adjacent to an activating group) is 1. The first kappa shape index (κ1) is 22.8. The van der Waals surface area contributed by atoms with Crippen molar-refractivity contribution in [2.75, 3.05) is 48.8 Å². The molecule has 0 aliphatic carbocycles. The molecule has 1 aliphatic heterocycles. The van der Waals surface area contributed by atoms with Gasteiger partial charge in [-0.05, 0) is 49.5 Å². The van der Waals surface area contributed by atoms with Crippen molar-refractivity contribution in [2.24, 2.45) is 0 Å². The molecule has 9 nitrogen and oxygen atoms in total. The van der Waals surface area contributed by atoms with Crippen LogP contribution >= 0.6 is 11.6 Å². The zero-order chi connectivity index (χ0) is 24.4. The highest BCUT2D eigenvalue weighted by Crippen LogP contribution is 2.34. The summed E-state index contributed by atoms with van der Waals surface area (Å²) >= 11 is 6.54. The number of amides is 1. The van der Waals surface area contributed by atoms with Crippen molar-refractivity contribution in [2.45, 2.75) is 0 Å². The molecule has 1 saturated heterocycles. The summed E-state index contributed by atoms with van der Waals surface area (Å²) in [6, 6.07) is 13.4. The van der Waals surface area contributed by atoms with Gasteiger partial charge < -0.3 is 20.4 Å². The molecule has 5 rings (SSSR count). The predicted octanol–water partition coefficient (Wildman–Crippen LogP) is 4.29. The van der Waals surface area contributed by atoms with Gasteiger partial charge in [0.15, 0.2) is 5.65 Å². The summed E-state index contributed by atoms with van der Waals surface area (Å²) in [4.78, 5) is 25.9. The Balaban J connectivity index is 1.48. The second-order valence-corrected chi connectivity index (χ2v) is 8.79. The van der Waals surface area contributed by atoms with E-state index in [1.807, 2.05) is 12.1 Å². The third kappa shape index (κ3) is 4.96. The van der Waals surface area contributed by atoms with Crippen LogP contribution in [-0.2, 0) is 4.79 Å². The fourth-order valence-electron chi connectivity index (χ4n) is 4.05. The van der Waals surface area contributed by atoms with Crippen LogP contribution in [0.1, 0.15) is 0 Å². The topological polar surface area (TPSA) is 102 Å². The van der Waals surface area contributed by atoms with Crippen LogP contribution in [0.2, 0.25) is 5.02 Å². The summed E-state index contributed by atoms with van der Waals surface area (Å²) in [7, 11) is 2.14. The monoisotopic (exact) mass is 488 g/mol. The highest BCUT2D eigenvalue weighted by Gasteiger charge is 2.17. The lowest BCUT2D eigenvalue weighted by atomic mass is 10.1. The van der Waals surface area contributed by atoms with Crippen molar-refractivity contribution >= 4 is 51.6 Å². The Morgan fingerprint density at radius 2 is 1.94 bits per heavy atom. The van der Waals surface area contributed by atoms with Crippen LogP contribution in [0.25, 0.3) is 22.3 Å². The molecule has 1 fully saturated rings. The summed E-state index contributed by atoms with van der Waals surface area (Å²) in [5, 5.41) is 14.4. The maximum atomic E-state index is 11.8. The number of aromatic amines is 1. The first-order chi connectivity index (χ1) is 17.0. The van der Waals surface area contributed by atoms with Gasteiger partial charge in [0.2, 0.25) is 11.9 Å². The third-order valence-corrected chi connectivity index (χ3v) is 6.28. The van der Waals surface area contributed by atoms with Crippen LogP contribution in [0.4, 0.5) is 23.0 Å². The molecule has 0 radical (unpaired) electrons.